The number of carboxylic acid groups (broad SMARTS) is 1. The van der Waals surface area contributed by atoms with E-state index in [1.165, 1.54) is 6.07 Å². The molecule has 1 fully saturated rings. The molecule has 10 heteroatoms. The molecule has 0 spiro atoms. The highest BCUT2D eigenvalue weighted by Crippen LogP contribution is 2.31. The Hall–Kier alpha value is -2.14. The van der Waals surface area contributed by atoms with Gasteiger partial charge < -0.3 is 35.8 Å². The van der Waals surface area contributed by atoms with Crippen LogP contribution in [0.1, 0.15) is 48.0 Å². The van der Waals surface area contributed by atoms with Gasteiger partial charge in [-0.3, -0.25) is 4.79 Å². The van der Waals surface area contributed by atoms with E-state index >= 15 is 0 Å². The number of carbonyl (C=O) groups excluding carboxylic acids is 1. The molecule has 1 aliphatic heterocycles. The van der Waals surface area contributed by atoms with Gasteiger partial charge in [-0.15, -0.1) is 0 Å². The monoisotopic (exact) mass is 433 g/mol. The lowest BCUT2D eigenvalue weighted by molar-refractivity contribution is -0.122. The third-order valence-electron chi connectivity index (χ3n) is 6.04. The summed E-state index contributed by atoms with van der Waals surface area (Å²) in [6.07, 6.45) is 4.74. The van der Waals surface area contributed by atoms with Gasteiger partial charge in [0.1, 0.15) is 5.75 Å². The molecule has 1 atom stereocenters. The van der Waals surface area contributed by atoms with Crippen LogP contribution in [0.2, 0.25) is 0 Å². The molecule has 1 saturated carbocycles. The smallest absolute Gasteiger partial charge is 0.534 e. The van der Waals surface area contributed by atoms with Crippen molar-refractivity contribution in [1.29, 1.82) is 0 Å². The second-order valence-corrected chi connectivity index (χ2v) is 8.34. The van der Waals surface area contributed by atoms with Crippen molar-refractivity contribution < 1.29 is 29.5 Å². The molecular weight excluding hydrogens is 401 g/mol. The number of carbonyl (C=O) groups is 2. The minimum atomic E-state index is -1.28. The first-order valence-corrected chi connectivity index (χ1v) is 11.0. The fraction of sp³-hybridized carbons (Fsp3) is 0.619. The number of hydrogen-bond donors (Lipinski definition) is 6. The highest BCUT2D eigenvalue weighted by atomic mass is 16.5. The van der Waals surface area contributed by atoms with Crippen LogP contribution in [0.15, 0.2) is 18.2 Å². The van der Waals surface area contributed by atoms with Crippen LogP contribution in [0.5, 0.6) is 5.75 Å². The molecule has 31 heavy (non-hydrogen) atoms. The van der Waals surface area contributed by atoms with E-state index in [2.05, 4.69) is 16.0 Å². The Morgan fingerprint density at radius 2 is 1.90 bits per heavy atom. The molecule has 1 aromatic rings. The van der Waals surface area contributed by atoms with Gasteiger partial charge in [-0.2, -0.15) is 0 Å². The van der Waals surface area contributed by atoms with Gasteiger partial charge in [-0.1, -0.05) is 12.1 Å². The number of benzene rings is 1. The first kappa shape index (κ1) is 23.5. The van der Waals surface area contributed by atoms with Crippen LogP contribution in [0.25, 0.3) is 0 Å². The van der Waals surface area contributed by atoms with Crippen LogP contribution in [0.3, 0.4) is 0 Å². The summed E-state index contributed by atoms with van der Waals surface area (Å²) < 4.78 is 5.44. The van der Waals surface area contributed by atoms with Gasteiger partial charge >= 0.3 is 13.1 Å². The number of hydrogen-bond acceptors (Lipinski definition) is 7. The number of para-hydroxylation sites is 1. The first-order chi connectivity index (χ1) is 15.0. The number of nitrogens with one attached hydrogen (secondary N) is 3. The summed E-state index contributed by atoms with van der Waals surface area (Å²) in [5, 5.41) is 37.8. The van der Waals surface area contributed by atoms with Crippen LogP contribution >= 0.6 is 0 Å². The number of amides is 1. The maximum atomic E-state index is 12.5. The third-order valence-corrected chi connectivity index (χ3v) is 6.04. The Labute approximate surface area is 182 Å². The maximum absolute atomic E-state index is 12.5. The zero-order valence-corrected chi connectivity index (χ0v) is 17.7. The molecule has 0 unspecified atom stereocenters. The predicted molar refractivity (Wildman–Crippen MR) is 116 cm³/mol. The highest BCUT2D eigenvalue weighted by Gasteiger charge is 2.38. The van der Waals surface area contributed by atoms with Gasteiger partial charge in [-0.05, 0) is 49.7 Å². The number of rotatable bonds is 10. The van der Waals surface area contributed by atoms with E-state index in [0.717, 1.165) is 38.8 Å². The standard InChI is InChI=1S/C21H32BN3O6/c26-11-10-23-8-9-24-16-6-4-14(5-7-16)12-19(27)25-18-13-15-2-1-3-17(21(28)29)20(15)31-22(18)30/h1-3,14,16,18,23-24,26,30H,4-13H2,(H,25,27)(H,28,29)/t14-,16-,18-/m0/s1. The Bertz CT molecular complexity index is 757. The molecular formula is C21H32BN3O6. The summed E-state index contributed by atoms with van der Waals surface area (Å²) in [7, 11) is -1.28. The quantitative estimate of drug-likeness (QED) is 0.223. The lowest BCUT2D eigenvalue weighted by atomic mass is 9.72. The van der Waals surface area contributed by atoms with E-state index in [0.29, 0.717) is 36.9 Å². The van der Waals surface area contributed by atoms with Crippen LogP contribution < -0.4 is 20.6 Å². The summed E-state index contributed by atoms with van der Waals surface area (Å²) in [6.45, 7) is 2.44. The Morgan fingerprint density at radius 3 is 2.61 bits per heavy atom. The number of aliphatic hydroxyl groups excluding tert-OH is 1. The van der Waals surface area contributed by atoms with Gasteiger partial charge in [0.25, 0.3) is 0 Å². The van der Waals surface area contributed by atoms with E-state index in [1.54, 1.807) is 12.1 Å². The van der Waals surface area contributed by atoms with Crippen molar-refractivity contribution in [2.45, 2.75) is 50.5 Å². The Balaban J connectivity index is 1.41. The number of aliphatic hydroxyl groups is 1. The van der Waals surface area contributed by atoms with Crippen LogP contribution in [-0.4, -0.2) is 72.5 Å². The number of aromatic carboxylic acids is 1. The minimum absolute atomic E-state index is 0.0101. The molecule has 9 nitrogen and oxygen atoms in total. The van der Waals surface area contributed by atoms with Gasteiger partial charge in [-0.25, -0.2) is 4.79 Å². The average Bonchev–Trinajstić information content (AvgIpc) is 2.74. The summed E-state index contributed by atoms with van der Waals surface area (Å²) in [6, 6.07) is 5.28. The minimum Gasteiger partial charge on any atom is -0.534 e. The van der Waals surface area contributed by atoms with Gasteiger partial charge in [0.15, 0.2) is 0 Å². The fourth-order valence-electron chi connectivity index (χ4n) is 4.38. The average molecular weight is 433 g/mol. The topological polar surface area (TPSA) is 140 Å². The molecule has 1 amide bonds. The number of fused-ring (bicyclic) bond motifs is 1. The summed E-state index contributed by atoms with van der Waals surface area (Å²) >= 11 is 0. The molecule has 3 rings (SSSR count). The lowest BCUT2D eigenvalue weighted by Gasteiger charge is -2.31. The SMILES string of the molecule is O=C(C[C@H]1CC[C@H](NCCNCCO)CC1)N[C@H]1Cc2cccc(C(=O)O)c2OB1O. The molecule has 1 heterocycles. The van der Waals surface area contributed by atoms with Crippen molar-refractivity contribution in [2.75, 3.05) is 26.2 Å². The molecule has 0 bridgehead atoms. The third kappa shape index (κ3) is 6.67. The zero-order valence-electron chi connectivity index (χ0n) is 17.7. The normalized spacial score (nSPS) is 23.0. The van der Waals surface area contributed by atoms with Crippen LogP contribution in [0.4, 0.5) is 0 Å². The van der Waals surface area contributed by atoms with Crippen molar-refractivity contribution in [2.24, 2.45) is 5.92 Å². The molecule has 2 aliphatic rings. The van der Waals surface area contributed by atoms with Gasteiger partial charge in [0.2, 0.25) is 5.91 Å². The van der Waals surface area contributed by atoms with Crippen molar-refractivity contribution >= 4 is 19.0 Å². The Kier molecular flexibility index (Phi) is 8.71. The summed E-state index contributed by atoms with van der Waals surface area (Å²) in [5.41, 5.74) is 0.673. The van der Waals surface area contributed by atoms with E-state index in [4.69, 9.17) is 9.76 Å². The largest absolute Gasteiger partial charge is 0.547 e. The van der Waals surface area contributed by atoms with Gasteiger partial charge in [0, 0.05) is 32.1 Å². The molecule has 0 saturated heterocycles. The predicted octanol–water partition coefficient (Wildman–Crippen LogP) is -0.0554. The van der Waals surface area contributed by atoms with E-state index in [9.17, 15) is 19.7 Å². The second kappa shape index (κ2) is 11.5. The van der Waals surface area contributed by atoms with Crippen LogP contribution in [-0.2, 0) is 11.2 Å². The van der Waals surface area contributed by atoms with Gasteiger partial charge in [0.05, 0.1) is 18.1 Å². The molecule has 0 radical (unpaired) electrons. The van der Waals surface area contributed by atoms with Crippen LogP contribution in [0, 0.1) is 5.92 Å². The second-order valence-electron chi connectivity index (χ2n) is 8.34. The highest BCUT2D eigenvalue weighted by molar-refractivity contribution is 6.47. The molecule has 1 aromatic carbocycles. The van der Waals surface area contributed by atoms with Crippen molar-refractivity contribution in [3.8, 4) is 5.75 Å². The zero-order chi connectivity index (χ0) is 22.2. The van der Waals surface area contributed by atoms with Crippen molar-refractivity contribution in [1.82, 2.24) is 16.0 Å². The summed E-state index contributed by atoms with van der Waals surface area (Å²) in [4.78, 5) is 23.9. The Morgan fingerprint density at radius 1 is 1.13 bits per heavy atom. The van der Waals surface area contributed by atoms with E-state index in [-0.39, 0.29) is 23.8 Å². The van der Waals surface area contributed by atoms with E-state index in [1.807, 2.05) is 0 Å². The molecule has 170 valence electrons. The fourth-order valence-corrected chi connectivity index (χ4v) is 4.38. The number of carboxylic acids is 1. The summed E-state index contributed by atoms with van der Waals surface area (Å²) in [5.74, 6) is -1.34. The van der Waals surface area contributed by atoms with Crippen molar-refractivity contribution in [3.63, 3.8) is 0 Å². The lowest BCUT2D eigenvalue weighted by Crippen LogP contribution is -2.53. The van der Waals surface area contributed by atoms with E-state index < -0.39 is 19.0 Å². The van der Waals surface area contributed by atoms with Crippen molar-refractivity contribution in [3.05, 3.63) is 29.3 Å². The molecule has 1 aliphatic carbocycles. The first-order valence-electron chi connectivity index (χ1n) is 11.0. The maximum Gasteiger partial charge on any atom is 0.547 e. The molecule has 6 N–H and O–H groups in total. The molecule has 0 aromatic heterocycles.